The molecule has 2 aromatic rings. The summed E-state index contributed by atoms with van der Waals surface area (Å²) >= 11 is 0. The van der Waals surface area contributed by atoms with E-state index in [0.29, 0.717) is 24.7 Å². The first kappa shape index (κ1) is 16.4. The molecule has 0 bridgehead atoms. The predicted molar refractivity (Wildman–Crippen MR) is 82.8 cm³/mol. The van der Waals surface area contributed by atoms with Gasteiger partial charge in [0, 0.05) is 12.3 Å². The van der Waals surface area contributed by atoms with E-state index in [2.05, 4.69) is 5.10 Å². The van der Waals surface area contributed by atoms with Crippen LogP contribution in [0.25, 0.3) is 0 Å². The first-order valence-corrected chi connectivity index (χ1v) is 8.68. The molecule has 22 heavy (non-hydrogen) atoms. The van der Waals surface area contributed by atoms with E-state index in [1.165, 1.54) is 24.5 Å². The van der Waals surface area contributed by atoms with Gasteiger partial charge in [0.25, 0.3) is 10.0 Å². The minimum atomic E-state index is -3.71. The van der Waals surface area contributed by atoms with Crippen molar-refractivity contribution < 1.29 is 17.9 Å². The maximum absolute atomic E-state index is 12.5. The van der Waals surface area contributed by atoms with Crippen LogP contribution in [-0.2, 0) is 10.0 Å². The Balaban J connectivity index is 2.37. The van der Waals surface area contributed by atoms with Gasteiger partial charge >= 0.3 is 0 Å². The Morgan fingerprint density at radius 3 is 2.36 bits per heavy atom. The molecule has 0 unspecified atom stereocenters. The summed E-state index contributed by atoms with van der Waals surface area (Å²) in [5, 5.41) is 3.78. The molecule has 2 rings (SSSR count). The summed E-state index contributed by atoms with van der Waals surface area (Å²) in [7, 11) is -3.71. The monoisotopic (exact) mass is 324 g/mol. The molecule has 7 heteroatoms. The van der Waals surface area contributed by atoms with Gasteiger partial charge in [0.15, 0.2) is 11.5 Å². The second kappa shape index (κ2) is 7.31. The number of ether oxygens (including phenoxy) is 2. The van der Waals surface area contributed by atoms with Crippen molar-refractivity contribution >= 4 is 10.0 Å². The van der Waals surface area contributed by atoms with Crippen LogP contribution in [0.15, 0.2) is 41.6 Å². The minimum Gasteiger partial charge on any atom is -0.490 e. The number of hydrogen-bond acceptors (Lipinski definition) is 5. The molecule has 0 aliphatic carbocycles. The van der Waals surface area contributed by atoms with Crippen LogP contribution in [0, 0.1) is 0 Å². The number of aromatic nitrogens is 2. The largest absolute Gasteiger partial charge is 0.490 e. The van der Waals surface area contributed by atoms with Crippen molar-refractivity contribution in [1.82, 2.24) is 9.19 Å². The van der Waals surface area contributed by atoms with Crippen LogP contribution in [0.3, 0.4) is 0 Å². The van der Waals surface area contributed by atoms with Gasteiger partial charge in [0.1, 0.15) is 0 Å². The molecule has 0 spiro atoms. The quantitative estimate of drug-likeness (QED) is 0.746. The summed E-state index contributed by atoms with van der Waals surface area (Å²) in [5.41, 5.74) is 0. The van der Waals surface area contributed by atoms with Crippen LogP contribution in [0.5, 0.6) is 11.5 Å². The highest BCUT2D eigenvalue weighted by molar-refractivity contribution is 7.89. The molecule has 0 fully saturated rings. The first-order valence-electron chi connectivity index (χ1n) is 7.24. The molecule has 0 N–H and O–H groups in total. The Kier molecular flexibility index (Phi) is 5.43. The van der Waals surface area contributed by atoms with E-state index in [9.17, 15) is 8.42 Å². The van der Waals surface area contributed by atoms with E-state index < -0.39 is 10.0 Å². The third-order valence-corrected chi connectivity index (χ3v) is 4.42. The number of rotatable bonds is 8. The van der Waals surface area contributed by atoms with Gasteiger partial charge in [0.05, 0.1) is 24.3 Å². The van der Waals surface area contributed by atoms with Gasteiger partial charge < -0.3 is 9.47 Å². The molecule has 0 saturated carbocycles. The van der Waals surface area contributed by atoms with Crippen molar-refractivity contribution in [1.29, 1.82) is 0 Å². The summed E-state index contributed by atoms with van der Waals surface area (Å²) in [4.78, 5) is 0.117. The molecule has 0 aliphatic heterocycles. The van der Waals surface area contributed by atoms with Crippen molar-refractivity contribution in [2.45, 2.75) is 31.6 Å². The smallest absolute Gasteiger partial charge is 0.283 e. The average molecular weight is 324 g/mol. The standard InChI is InChI=1S/C15H20N2O4S/c1-3-10-20-14-7-6-13(12-15(14)21-11-4-2)22(18,19)17-9-5-8-16-17/h5-9,12H,3-4,10-11H2,1-2H3. The lowest BCUT2D eigenvalue weighted by atomic mass is 10.3. The molecule has 1 heterocycles. The van der Waals surface area contributed by atoms with Crippen molar-refractivity contribution in [2.75, 3.05) is 13.2 Å². The molecular formula is C15H20N2O4S. The molecule has 0 aliphatic rings. The number of nitrogens with zero attached hydrogens (tertiary/aromatic N) is 2. The number of hydrogen-bond donors (Lipinski definition) is 0. The topological polar surface area (TPSA) is 70.4 Å². The van der Waals surface area contributed by atoms with Gasteiger partial charge in [-0.1, -0.05) is 13.8 Å². The van der Waals surface area contributed by atoms with Gasteiger partial charge in [-0.05, 0) is 31.0 Å². The average Bonchev–Trinajstić information content (AvgIpc) is 3.06. The van der Waals surface area contributed by atoms with Crippen LogP contribution in [-0.4, -0.2) is 30.8 Å². The Labute approximate surface area is 130 Å². The van der Waals surface area contributed by atoms with E-state index >= 15 is 0 Å². The maximum Gasteiger partial charge on any atom is 0.283 e. The van der Waals surface area contributed by atoms with Crippen LogP contribution in [0.1, 0.15) is 26.7 Å². The lowest BCUT2D eigenvalue weighted by Gasteiger charge is -2.13. The summed E-state index contributed by atoms with van der Waals surface area (Å²) in [5.74, 6) is 0.984. The van der Waals surface area contributed by atoms with Crippen LogP contribution < -0.4 is 9.47 Å². The van der Waals surface area contributed by atoms with Gasteiger partial charge in [-0.25, -0.2) is 0 Å². The van der Waals surface area contributed by atoms with E-state index in [-0.39, 0.29) is 4.90 Å². The highest BCUT2D eigenvalue weighted by Gasteiger charge is 2.19. The molecule has 0 atom stereocenters. The van der Waals surface area contributed by atoms with Gasteiger partial charge in [0.2, 0.25) is 0 Å². The summed E-state index contributed by atoms with van der Waals surface area (Å²) in [6, 6.07) is 6.17. The molecule has 1 aromatic carbocycles. The predicted octanol–water partition coefficient (Wildman–Crippen LogP) is 2.70. The van der Waals surface area contributed by atoms with Crippen LogP contribution in [0.4, 0.5) is 0 Å². The molecular weight excluding hydrogens is 304 g/mol. The fourth-order valence-corrected chi connectivity index (χ4v) is 2.93. The van der Waals surface area contributed by atoms with Crippen LogP contribution >= 0.6 is 0 Å². The number of benzene rings is 1. The zero-order valence-electron chi connectivity index (χ0n) is 12.7. The molecule has 1 aromatic heterocycles. The van der Waals surface area contributed by atoms with E-state index in [1.807, 2.05) is 13.8 Å². The molecule has 6 nitrogen and oxygen atoms in total. The Bertz CT molecular complexity index is 696. The first-order chi connectivity index (χ1) is 10.6. The zero-order valence-corrected chi connectivity index (χ0v) is 13.5. The molecule has 0 radical (unpaired) electrons. The van der Waals surface area contributed by atoms with E-state index in [4.69, 9.17) is 9.47 Å². The van der Waals surface area contributed by atoms with Gasteiger partial charge in [-0.3, -0.25) is 0 Å². The van der Waals surface area contributed by atoms with E-state index in [0.717, 1.165) is 16.9 Å². The minimum absolute atomic E-state index is 0.117. The second-order valence-corrected chi connectivity index (χ2v) is 6.48. The fourth-order valence-electron chi connectivity index (χ4n) is 1.81. The summed E-state index contributed by atoms with van der Waals surface area (Å²) < 4.78 is 37.0. The highest BCUT2D eigenvalue weighted by atomic mass is 32.2. The van der Waals surface area contributed by atoms with E-state index in [1.54, 1.807) is 12.1 Å². The second-order valence-electron chi connectivity index (χ2n) is 4.69. The van der Waals surface area contributed by atoms with Crippen molar-refractivity contribution in [3.8, 4) is 11.5 Å². The highest BCUT2D eigenvalue weighted by Crippen LogP contribution is 2.31. The normalized spacial score (nSPS) is 11.4. The Morgan fingerprint density at radius 2 is 1.77 bits per heavy atom. The molecule has 0 saturated heterocycles. The Morgan fingerprint density at radius 1 is 1.09 bits per heavy atom. The van der Waals surface area contributed by atoms with Crippen LogP contribution in [0.2, 0.25) is 0 Å². The maximum atomic E-state index is 12.5. The fraction of sp³-hybridized carbons (Fsp3) is 0.400. The van der Waals surface area contributed by atoms with Gasteiger partial charge in [-0.2, -0.15) is 17.6 Å². The summed E-state index contributed by atoms with van der Waals surface area (Å²) in [6.07, 6.45) is 4.50. The lowest BCUT2D eigenvalue weighted by Crippen LogP contribution is -2.14. The lowest BCUT2D eigenvalue weighted by molar-refractivity contribution is 0.267. The van der Waals surface area contributed by atoms with Gasteiger partial charge in [-0.15, -0.1) is 0 Å². The van der Waals surface area contributed by atoms with Crippen molar-refractivity contribution in [3.05, 3.63) is 36.7 Å². The van der Waals surface area contributed by atoms with Crippen molar-refractivity contribution in [3.63, 3.8) is 0 Å². The zero-order chi connectivity index (χ0) is 16.0. The summed E-state index contributed by atoms with van der Waals surface area (Å²) in [6.45, 7) is 5.03. The molecule has 0 amide bonds. The Hall–Kier alpha value is -2.02. The SMILES string of the molecule is CCCOc1ccc(S(=O)(=O)n2cccn2)cc1OCCC. The van der Waals surface area contributed by atoms with Crippen molar-refractivity contribution in [2.24, 2.45) is 0 Å². The third-order valence-electron chi connectivity index (χ3n) is 2.86. The molecule has 120 valence electrons. The third kappa shape index (κ3) is 3.59.